The zero-order valence-corrected chi connectivity index (χ0v) is 22.9. The van der Waals surface area contributed by atoms with Crippen LogP contribution in [0.25, 0.3) is 10.9 Å². The maximum Gasteiger partial charge on any atom is 0.243 e. The van der Waals surface area contributed by atoms with Gasteiger partial charge in [-0.15, -0.1) is 0 Å². The van der Waals surface area contributed by atoms with Gasteiger partial charge >= 0.3 is 0 Å². The summed E-state index contributed by atoms with van der Waals surface area (Å²) >= 11 is 0. The van der Waals surface area contributed by atoms with Crippen molar-refractivity contribution in [3.8, 4) is 0 Å². The van der Waals surface area contributed by atoms with E-state index < -0.39 is 46.0 Å². The first-order chi connectivity index (χ1) is 18.0. The monoisotopic (exact) mass is 537 g/mol. The lowest BCUT2D eigenvalue weighted by molar-refractivity contribution is -0.125. The first kappa shape index (κ1) is 27.9. The molecule has 3 aromatic rings. The summed E-state index contributed by atoms with van der Waals surface area (Å²) in [4.78, 5) is 30.4. The maximum atomic E-state index is 13.5. The Hall–Kier alpha value is -3.14. The summed E-state index contributed by atoms with van der Waals surface area (Å²) < 4.78 is 29.4. The van der Waals surface area contributed by atoms with Gasteiger partial charge in [0.25, 0.3) is 0 Å². The number of fused-ring (bicyclic) bond motifs is 1. The molecule has 1 aliphatic carbocycles. The third kappa shape index (κ3) is 5.95. The second-order valence-corrected chi connectivity index (χ2v) is 12.4. The average molecular weight is 538 g/mol. The lowest BCUT2D eigenvalue weighted by atomic mass is 9.92. The first-order valence-electron chi connectivity index (χ1n) is 12.9. The fourth-order valence-electron chi connectivity index (χ4n) is 5.02. The van der Waals surface area contributed by atoms with Crippen molar-refractivity contribution in [1.82, 2.24) is 15.0 Å². The molecule has 1 aliphatic rings. The van der Waals surface area contributed by atoms with Crippen LogP contribution in [0.1, 0.15) is 45.6 Å². The van der Waals surface area contributed by atoms with Gasteiger partial charge in [0.2, 0.25) is 15.9 Å². The summed E-state index contributed by atoms with van der Waals surface area (Å²) in [6.07, 6.45) is 0.672. The SMILES string of the molecule is CC(C)C[C@H](NS(=O)(=O)c1cccc2cccnc12)C(=O)N[C@@H](C(C)C)[C@@H](O)C1C(=O)C1c1ccccc1. The third-order valence-corrected chi connectivity index (χ3v) is 8.52. The van der Waals surface area contributed by atoms with Gasteiger partial charge in [-0.25, -0.2) is 8.42 Å². The molecule has 3 N–H and O–H groups in total. The Morgan fingerprint density at radius 3 is 2.34 bits per heavy atom. The van der Waals surface area contributed by atoms with Crippen LogP contribution in [0, 0.1) is 17.8 Å². The van der Waals surface area contributed by atoms with Gasteiger partial charge in [0.1, 0.15) is 16.7 Å². The second-order valence-electron chi connectivity index (χ2n) is 10.7. The van der Waals surface area contributed by atoms with Crippen LogP contribution in [0.3, 0.4) is 0 Å². The number of aliphatic hydroxyl groups is 1. The zero-order chi connectivity index (χ0) is 27.6. The van der Waals surface area contributed by atoms with Crippen molar-refractivity contribution in [2.45, 2.75) is 63.1 Å². The van der Waals surface area contributed by atoms with Crippen molar-refractivity contribution in [3.63, 3.8) is 0 Å². The Morgan fingerprint density at radius 2 is 1.68 bits per heavy atom. The highest BCUT2D eigenvalue weighted by atomic mass is 32.2. The number of hydrogen-bond acceptors (Lipinski definition) is 6. The lowest BCUT2D eigenvalue weighted by Crippen LogP contribution is -2.55. The number of benzene rings is 2. The van der Waals surface area contributed by atoms with Gasteiger partial charge in [0, 0.05) is 11.6 Å². The van der Waals surface area contributed by atoms with Crippen LogP contribution in [0.5, 0.6) is 0 Å². The van der Waals surface area contributed by atoms with Crippen LogP contribution in [-0.2, 0) is 19.6 Å². The molecule has 202 valence electrons. The van der Waals surface area contributed by atoms with Crippen molar-refractivity contribution in [2.75, 3.05) is 0 Å². The molecule has 0 bridgehead atoms. The zero-order valence-electron chi connectivity index (χ0n) is 22.0. The number of ketones is 1. The van der Waals surface area contributed by atoms with Gasteiger partial charge < -0.3 is 10.4 Å². The van der Waals surface area contributed by atoms with E-state index in [1.807, 2.05) is 58.0 Å². The van der Waals surface area contributed by atoms with Crippen LogP contribution in [0.4, 0.5) is 0 Å². The number of nitrogens with one attached hydrogen (secondary N) is 2. The molecule has 1 aromatic heterocycles. The number of para-hydroxylation sites is 1. The molecule has 1 heterocycles. The molecular weight excluding hydrogens is 502 g/mol. The molecule has 1 fully saturated rings. The Bertz CT molecular complexity index is 1400. The molecule has 0 aliphatic heterocycles. The summed E-state index contributed by atoms with van der Waals surface area (Å²) in [6.45, 7) is 7.50. The molecule has 0 spiro atoms. The number of Topliss-reactive ketones (excluding diaryl/α,β-unsaturated/α-hetero) is 1. The molecule has 9 heteroatoms. The van der Waals surface area contributed by atoms with Crippen molar-refractivity contribution >= 4 is 32.6 Å². The van der Waals surface area contributed by atoms with E-state index in [0.717, 1.165) is 5.56 Å². The van der Waals surface area contributed by atoms with E-state index >= 15 is 0 Å². The molecular formula is C29H35N3O5S. The smallest absolute Gasteiger partial charge is 0.243 e. The van der Waals surface area contributed by atoms with E-state index in [1.165, 1.54) is 12.3 Å². The van der Waals surface area contributed by atoms with Crippen molar-refractivity contribution in [2.24, 2.45) is 17.8 Å². The molecule has 1 amide bonds. The van der Waals surface area contributed by atoms with Crippen LogP contribution in [0.15, 0.2) is 71.8 Å². The number of carbonyl (C=O) groups is 2. The molecule has 1 saturated carbocycles. The molecule has 4 rings (SSSR count). The molecule has 38 heavy (non-hydrogen) atoms. The van der Waals surface area contributed by atoms with E-state index in [0.29, 0.717) is 10.9 Å². The van der Waals surface area contributed by atoms with Crippen LogP contribution in [-0.4, -0.2) is 48.4 Å². The standard InChI is InChI=1S/C29H35N3O5S/c1-17(2)16-21(32-38(36,37)22-14-8-12-20-13-9-15-30-26(20)22)29(35)31-25(18(3)4)28(34)24-23(27(24)33)19-10-6-5-7-11-19/h5-15,17-18,21,23-25,28,32,34H,16H2,1-4H3,(H,31,35)/t21-,23?,24?,25-,28-/m0/s1. The molecule has 2 aromatic carbocycles. The van der Waals surface area contributed by atoms with Gasteiger partial charge in [-0.1, -0.05) is 76.2 Å². The number of sulfonamides is 1. The lowest BCUT2D eigenvalue weighted by Gasteiger charge is -2.30. The van der Waals surface area contributed by atoms with E-state index in [-0.39, 0.29) is 28.9 Å². The van der Waals surface area contributed by atoms with Gasteiger partial charge in [-0.2, -0.15) is 4.72 Å². The summed E-state index contributed by atoms with van der Waals surface area (Å²) in [5, 5.41) is 14.7. The normalized spacial score (nSPS) is 19.9. The maximum absolute atomic E-state index is 13.5. The van der Waals surface area contributed by atoms with E-state index in [1.54, 1.807) is 24.3 Å². The van der Waals surface area contributed by atoms with Gasteiger partial charge in [-0.05, 0) is 36.0 Å². The third-order valence-electron chi connectivity index (χ3n) is 7.01. The number of amides is 1. The van der Waals surface area contributed by atoms with Crippen LogP contribution >= 0.6 is 0 Å². The van der Waals surface area contributed by atoms with Crippen LogP contribution in [0.2, 0.25) is 0 Å². The fourth-order valence-corrected chi connectivity index (χ4v) is 6.40. The first-order valence-corrected chi connectivity index (χ1v) is 14.4. The molecule has 5 atom stereocenters. The van der Waals surface area contributed by atoms with E-state index in [2.05, 4.69) is 15.0 Å². The summed E-state index contributed by atoms with van der Waals surface area (Å²) in [5.41, 5.74) is 1.16. The molecule has 0 saturated heterocycles. The van der Waals surface area contributed by atoms with Gasteiger partial charge in [-0.3, -0.25) is 14.6 Å². The number of pyridine rings is 1. The number of carbonyl (C=O) groups excluding carboxylic acids is 2. The summed E-state index contributed by atoms with van der Waals surface area (Å²) in [6, 6.07) is 15.8. The predicted octanol–water partition coefficient (Wildman–Crippen LogP) is 3.41. The summed E-state index contributed by atoms with van der Waals surface area (Å²) in [7, 11) is -4.10. The average Bonchev–Trinajstić information content (AvgIpc) is 3.56. The fraction of sp³-hybridized carbons (Fsp3) is 0.414. The topological polar surface area (TPSA) is 125 Å². The minimum atomic E-state index is -4.10. The van der Waals surface area contributed by atoms with E-state index in [4.69, 9.17) is 0 Å². The highest BCUT2D eigenvalue weighted by molar-refractivity contribution is 7.89. The predicted molar refractivity (Wildman–Crippen MR) is 146 cm³/mol. The molecule has 2 unspecified atom stereocenters. The molecule has 0 radical (unpaired) electrons. The molecule has 8 nitrogen and oxygen atoms in total. The number of aliphatic hydroxyl groups excluding tert-OH is 1. The quantitative estimate of drug-likeness (QED) is 0.344. The highest BCUT2D eigenvalue weighted by Crippen LogP contribution is 2.46. The van der Waals surface area contributed by atoms with Crippen molar-refractivity contribution < 1.29 is 23.1 Å². The van der Waals surface area contributed by atoms with Crippen molar-refractivity contribution in [1.29, 1.82) is 0 Å². The number of aromatic nitrogens is 1. The second kappa shape index (κ2) is 11.3. The Kier molecular flexibility index (Phi) is 8.30. The minimum Gasteiger partial charge on any atom is -0.390 e. The van der Waals surface area contributed by atoms with Crippen molar-refractivity contribution in [3.05, 3.63) is 72.4 Å². The van der Waals surface area contributed by atoms with E-state index in [9.17, 15) is 23.1 Å². The highest BCUT2D eigenvalue weighted by Gasteiger charge is 2.56. The number of nitrogens with zero attached hydrogens (tertiary/aromatic N) is 1. The van der Waals surface area contributed by atoms with Gasteiger partial charge in [0.05, 0.1) is 29.5 Å². The minimum absolute atomic E-state index is 0.00752. The Balaban J connectivity index is 1.55. The Labute approximate surface area is 223 Å². The Morgan fingerprint density at radius 1 is 1.00 bits per heavy atom. The van der Waals surface area contributed by atoms with Gasteiger partial charge in [0.15, 0.2) is 0 Å². The summed E-state index contributed by atoms with van der Waals surface area (Å²) in [5.74, 6) is -1.82. The number of rotatable bonds is 11. The van der Waals surface area contributed by atoms with Crippen LogP contribution < -0.4 is 10.0 Å². The number of hydrogen-bond donors (Lipinski definition) is 3. The largest absolute Gasteiger partial charge is 0.390 e.